The maximum Gasteiger partial charge on any atom is 0.205 e. The number of fused-ring (bicyclic) bond motifs is 1. The Bertz CT molecular complexity index is 791. The highest BCUT2D eigenvalue weighted by atomic mass is 15.2. The first-order valence-electron chi connectivity index (χ1n) is 5.94. The summed E-state index contributed by atoms with van der Waals surface area (Å²) in [6.45, 7) is 2.03. The van der Waals surface area contributed by atoms with Crippen molar-refractivity contribution in [3.05, 3.63) is 53.6 Å². The number of aryl methyl sites for hydroxylation is 1. The van der Waals surface area contributed by atoms with Gasteiger partial charge in [-0.25, -0.2) is 4.98 Å². The van der Waals surface area contributed by atoms with Crippen molar-refractivity contribution in [3.63, 3.8) is 0 Å². The van der Waals surface area contributed by atoms with Crippen LogP contribution in [0.4, 0.5) is 5.95 Å². The monoisotopic (exact) mass is 248 g/mol. The summed E-state index contributed by atoms with van der Waals surface area (Å²) in [7, 11) is 0. The second kappa shape index (κ2) is 4.14. The van der Waals surface area contributed by atoms with Gasteiger partial charge in [-0.05, 0) is 48.9 Å². The van der Waals surface area contributed by atoms with Gasteiger partial charge in [-0.2, -0.15) is 5.26 Å². The molecule has 0 aliphatic rings. The van der Waals surface area contributed by atoms with Crippen LogP contribution in [-0.2, 0) is 0 Å². The van der Waals surface area contributed by atoms with Crippen LogP contribution in [-0.4, -0.2) is 9.55 Å². The van der Waals surface area contributed by atoms with Gasteiger partial charge in [-0.15, -0.1) is 0 Å². The van der Waals surface area contributed by atoms with Gasteiger partial charge in [0.25, 0.3) is 0 Å². The molecule has 0 aliphatic heterocycles. The van der Waals surface area contributed by atoms with Gasteiger partial charge in [0.15, 0.2) is 0 Å². The van der Waals surface area contributed by atoms with Crippen LogP contribution >= 0.6 is 0 Å². The molecule has 0 amide bonds. The highest BCUT2D eigenvalue weighted by Crippen LogP contribution is 2.24. The molecule has 0 fully saturated rings. The summed E-state index contributed by atoms with van der Waals surface area (Å²) >= 11 is 0. The van der Waals surface area contributed by atoms with Gasteiger partial charge in [-0.3, -0.25) is 4.57 Å². The average molecular weight is 248 g/mol. The minimum Gasteiger partial charge on any atom is -0.369 e. The van der Waals surface area contributed by atoms with Gasteiger partial charge in [-0.1, -0.05) is 6.07 Å². The van der Waals surface area contributed by atoms with E-state index in [9.17, 15) is 0 Å². The first-order valence-corrected chi connectivity index (χ1v) is 5.94. The Morgan fingerprint density at radius 1 is 1.16 bits per heavy atom. The highest BCUT2D eigenvalue weighted by Gasteiger charge is 2.09. The van der Waals surface area contributed by atoms with Gasteiger partial charge in [0, 0.05) is 5.69 Å². The minimum absolute atomic E-state index is 0.449. The molecule has 0 aliphatic carbocycles. The number of hydrogen-bond acceptors (Lipinski definition) is 3. The van der Waals surface area contributed by atoms with Crippen molar-refractivity contribution in [1.82, 2.24) is 9.55 Å². The van der Waals surface area contributed by atoms with E-state index in [2.05, 4.69) is 17.1 Å². The molecule has 4 heteroatoms. The number of rotatable bonds is 1. The smallest absolute Gasteiger partial charge is 0.205 e. The number of nitrogens with two attached hydrogens (primary N) is 1. The fourth-order valence-corrected chi connectivity index (χ4v) is 2.16. The lowest BCUT2D eigenvalue weighted by Gasteiger charge is -2.06. The third-order valence-electron chi connectivity index (χ3n) is 3.09. The lowest BCUT2D eigenvalue weighted by Crippen LogP contribution is -2.00. The summed E-state index contributed by atoms with van der Waals surface area (Å²) in [6, 6.07) is 15.4. The Balaban J connectivity index is 2.26. The van der Waals surface area contributed by atoms with Crippen molar-refractivity contribution < 1.29 is 0 Å². The Morgan fingerprint density at radius 3 is 2.58 bits per heavy atom. The molecule has 92 valence electrons. The van der Waals surface area contributed by atoms with E-state index >= 15 is 0 Å². The number of anilines is 1. The van der Waals surface area contributed by atoms with Crippen molar-refractivity contribution in [2.75, 3.05) is 5.73 Å². The summed E-state index contributed by atoms with van der Waals surface area (Å²) in [6.07, 6.45) is 0. The van der Waals surface area contributed by atoms with Gasteiger partial charge >= 0.3 is 0 Å². The largest absolute Gasteiger partial charge is 0.369 e. The molecule has 0 atom stereocenters. The molecule has 3 rings (SSSR count). The van der Waals surface area contributed by atoms with E-state index in [1.54, 1.807) is 12.1 Å². The van der Waals surface area contributed by atoms with Crippen molar-refractivity contribution in [2.24, 2.45) is 0 Å². The molecule has 3 aromatic rings. The third-order valence-corrected chi connectivity index (χ3v) is 3.09. The second-order valence-corrected chi connectivity index (χ2v) is 4.46. The predicted molar refractivity (Wildman–Crippen MR) is 74.9 cm³/mol. The number of nitriles is 1. The zero-order valence-electron chi connectivity index (χ0n) is 10.5. The number of aromatic nitrogens is 2. The summed E-state index contributed by atoms with van der Waals surface area (Å²) < 4.78 is 1.89. The fourth-order valence-electron chi connectivity index (χ4n) is 2.16. The molecular weight excluding hydrogens is 236 g/mol. The predicted octanol–water partition coefficient (Wildman–Crippen LogP) is 2.79. The summed E-state index contributed by atoms with van der Waals surface area (Å²) in [5.41, 5.74) is 10.5. The van der Waals surface area contributed by atoms with E-state index < -0.39 is 0 Å². The van der Waals surface area contributed by atoms with E-state index in [0.717, 1.165) is 22.3 Å². The quantitative estimate of drug-likeness (QED) is 0.720. The van der Waals surface area contributed by atoms with Crippen LogP contribution in [0.1, 0.15) is 11.1 Å². The lowest BCUT2D eigenvalue weighted by atomic mass is 10.2. The number of nitrogen functional groups attached to an aromatic ring is 1. The SMILES string of the molecule is Cc1ccc2nc(N)n(-c3ccc(C#N)cc3)c2c1. The molecule has 4 nitrogen and oxygen atoms in total. The van der Waals surface area contributed by atoms with Crippen molar-refractivity contribution in [1.29, 1.82) is 5.26 Å². The number of nitrogens with zero attached hydrogens (tertiary/aromatic N) is 3. The third kappa shape index (κ3) is 1.81. The molecule has 1 aromatic heterocycles. The molecule has 1 heterocycles. The average Bonchev–Trinajstić information content (AvgIpc) is 2.74. The molecule has 0 radical (unpaired) electrons. The Labute approximate surface area is 110 Å². The molecule has 0 saturated carbocycles. The van der Waals surface area contributed by atoms with Crippen LogP contribution in [0, 0.1) is 18.3 Å². The van der Waals surface area contributed by atoms with Crippen molar-refractivity contribution >= 4 is 17.0 Å². The van der Waals surface area contributed by atoms with Gasteiger partial charge < -0.3 is 5.73 Å². The van der Waals surface area contributed by atoms with Gasteiger partial charge in [0.2, 0.25) is 5.95 Å². The maximum absolute atomic E-state index is 8.83. The Kier molecular flexibility index (Phi) is 2.46. The normalized spacial score (nSPS) is 10.5. The van der Waals surface area contributed by atoms with Crippen LogP contribution < -0.4 is 5.73 Å². The van der Waals surface area contributed by atoms with Crippen molar-refractivity contribution in [2.45, 2.75) is 6.92 Å². The van der Waals surface area contributed by atoms with Crippen LogP contribution in [0.3, 0.4) is 0 Å². The summed E-state index contributed by atoms with van der Waals surface area (Å²) in [4.78, 5) is 4.35. The van der Waals surface area contributed by atoms with E-state index in [1.807, 2.05) is 35.8 Å². The summed E-state index contributed by atoms with van der Waals surface area (Å²) in [5, 5.41) is 8.83. The maximum atomic E-state index is 8.83. The van der Waals surface area contributed by atoms with Gasteiger partial charge in [0.1, 0.15) is 0 Å². The number of benzene rings is 2. The molecule has 19 heavy (non-hydrogen) atoms. The van der Waals surface area contributed by atoms with E-state index in [0.29, 0.717) is 11.5 Å². The van der Waals surface area contributed by atoms with E-state index in [4.69, 9.17) is 11.0 Å². The number of hydrogen-bond donors (Lipinski definition) is 1. The first kappa shape index (κ1) is 11.3. The number of imidazole rings is 1. The Hall–Kier alpha value is -2.80. The fraction of sp³-hybridized carbons (Fsp3) is 0.0667. The summed E-state index contributed by atoms with van der Waals surface area (Å²) in [5.74, 6) is 0.449. The molecule has 0 bridgehead atoms. The molecule has 0 unspecified atom stereocenters. The van der Waals surface area contributed by atoms with Crippen LogP contribution in [0.25, 0.3) is 16.7 Å². The topological polar surface area (TPSA) is 67.6 Å². The Morgan fingerprint density at radius 2 is 1.89 bits per heavy atom. The lowest BCUT2D eigenvalue weighted by molar-refractivity contribution is 1.11. The van der Waals surface area contributed by atoms with E-state index in [-0.39, 0.29) is 0 Å². The first-order chi connectivity index (χ1) is 9.19. The van der Waals surface area contributed by atoms with Crippen LogP contribution in [0.5, 0.6) is 0 Å². The van der Waals surface area contributed by atoms with Crippen molar-refractivity contribution in [3.8, 4) is 11.8 Å². The highest BCUT2D eigenvalue weighted by molar-refractivity contribution is 5.81. The van der Waals surface area contributed by atoms with E-state index in [1.165, 1.54) is 0 Å². The molecule has 2 aromatic carbocycles. The van der Waals surface area contributed by atoms with Gasteiger partial charge in [0.05, 0.1) is 22.7 Å². The minimum atomic E-state index is 0.449. The second-order valence-electron chi connectivity index (χ2n) is 4.46. The molecule has 2 N–H and O–H groups in total. The molecular formula is C15H12N4. The zero-order valence-corrected chi connectivity index (χ0v) is 10.5. The molecule has 0 spiro atoms. The zero-order chi connectivity index (χ0) is 13.4. The molecule has 0 saturated heterocycles. The standard InChI is InChI=1S/C15H12N4/c1-10-2-7-13-14(8-10)19(15(17)18-13)12-5-3-11(9-16)4-6-12/h2-8H,1H3,(H2,17,18). The van der Waals surface area contributed by atoms with Crippen LogP contribution in [0.2, 0.25) is 0 Å². The van der Waals surface area contributed by atoms with Crippen LogP contribution in [0.15, 0.2) is 42.5 Å².